The molecule has 0 saturated carbocycles. The topological polar surface area (TPSA) is 94.0 Å². The largest absolute Gasteiger partial charge is 0.355 e. The van der Waals surface area contributed by atoms with Crippen LogP contribution in [0, 0.1) is 11.8 Å². The maximum atomic E-state index is 11.8. The van der Waals surface area contributed by atoms with Gasteiger partial charge in [-0.3, -0.25) is 4.79 Å². The lowest BCUT2D eigenvalue weighted by Crippen LogP contribution is -2.36. The van der Waals surface area contributed by atoms with E-state index in [1.54, 1.807) is 0 Å². The maximum absolute atomic E-state index is 11.8. The Bertz CT molecular complexity index is 324. The zero-order chi connectivity index (χ0) is 12.7. The summed E-state index contributed by atoms with van der Waals surface area (Å²) in [7, 11) is 0. The van der Waals surface area contributed by atoms with Crippen molar-refractivity contribution in [1.29, 1.82) is 0 Å². The zero-order valence-electron chi connectivity index (χ0n) is 10.3. The summed E-state index contributed by atoms with van der Waals surface area (Å²) in [5.41, 5.74) is 5.59. The smallest absolute Gasteiger partial charge is 0.228 e. The van der Waals surface area contributed by atoms with E-state index in [4.69, 9.17) is 10.3 Å². The zero-order valence-corrected chi connectivity index (χ0v) is 10.3. The first-order valence-electron chi connectivity index (χ1n) is 5.86. The van der Waals surface area contributed by atoms with Crippen molar-refractivity contribution >= 4 is 5.91 Å². The Kier molecular flexibility index (Phi) is 5.62. The van der Waals surface area contributed by atoms with Crippen LogP contribution in [0.1, 0.15) is 26.2 Å². The Morgan fingerprint density at radius 2 is 2.35 bits per heavy atom. The average Bonchev–Trinajstić information content (AvgIpc) is 2.78. The highest BCUT2D eigenvalue weighted by molar-refractivity contribution is 5.78. The van der Waals surface area contributed by atoms with Crippen LogP contribution in [-0.4, -0.2) is 29.1 Å². The molecule has 1 rings (SSSR count). The van der Waals surface area contributed by atoms with E-state index in [-0.39, 0.29) is 11.8 Å². The molecule has 1 heterocycles. The van der Waals surface area contributed by atoms with Crippen molar-refractivity contribution in [3.63, 3.8) is 0 Å². The van der Waals surface area contributed by atoms with E-state index in [0.29, 0.717) is 31.3 Å². The van der Waals surface area contributed by atoms with Crippen LogP contribution in [0.15, 0.2) is 10.9 Å². The fourth-order valence-corrected chi connectivity index (χ4v) is 1.62. The van der Waals surface area contributed by atoms with E-state index in [1.807, 2.05) is 0 Å². The summed E-state index contributed by atoms with van der Waals surface area (Å²) in [6.07, 6.45) is 2.70. The summed E-state index contributed by atoms with van der Waals surface area (Å²) in [5.74, 6) is 0.877. The molecular formula is C11H20N4O2. The number of nitrogens with one attached hydrogen (secondary N) is 1. The Morgan fingerprint density at radius 3 is 2.88 bits per heavy atom. The van der Waals surface area contributed by atoms with Gasteiger partial charge in [0.05, 0.1) is 5.92 Å². The highest BCUT2D eigenvalue weighted by Crippen LogP contribution is 2.10. The van der Waals surface area contributed by atoms with E-state index < -0.39 is 0 Å². The van der Waals surface area contributed by atoms with Crippen molar-refractivity contribution in [2.45, 2.75) is 26.7 Å². The first-order valence-corrected chi connectivity index (χ1v) is 5.86. The van der Waals surface area contributed by atoms with Gasteiger partial charge in [0.25, 0.3) is 0 Å². The molecule has 0 aliphatic heterocycles. The van der Waals surface area contributed by atoms with Crippen LogP contribution in [-0.2, 0) is 11.2 Å². The van der Waals surface area contributed by atoms with Gasteiger partial charge in [0, 0.05) is 19.5 Å². The van der Waals surface area contributed by atoms with Gasteiger partial charge in [-0.05, 0) is 12.3 Å². The number of rotatable bonds is 7. The second-order valence-corrected chi connectivity index (χ2v) is 4.44. The van der Waals surface area contributed by atoms with Gasteiger partial charge in [-0.1, -0.05) is 19.0 Å². The number of hydrogen-bond donors (Lipinski definition) is 2. The first kappa shape index (κ1) is 13.6. The molecule has 0 bridgehead atoms. The second-order valence-electron chi connectivity index (χ2n) is 4.44. The van der Waals surface area contributed by atoms with Crippen LogP contribution in [0.2, 0.25) is 0 Å². The van der Waals surface area contributed by atoms with E-state index in [2.05, 4.69) is 29.3 Å². The number of amides is 1. The molecule has 1 unspecified atom stereocenters. The summed E-state index contributed by atoms with van der Waals surface area (Å²) in [6.45, 7) is 5.03. The van der Waals surface area contributed by atoms with Crippen LogP contribution < -0.4 is 11.1 Å². The third-order valence-electron chi connectivity index (χ3n) is 2.46. The minimum atomic E-state index is -0.113. The minimum absolute atomic E-state index is 0.000662. The molecular weight excluding hydrogens is 220 g/mol. The van der Waals surface area contributed by atoms with Crippen molar-refractivity contribution in [1.82, 2.24) is 15.5 Å². The average molecular weight is 240 g/mol. The molecule has 1 atom stereocenters. The minimum Gasteiger partial charge on any atom is -0.355 e. The molecule has 0 saturated heterocycles. The number of carbonyl (C=O) groups is 1. The quantitative estimate of drug-likeness (QED) is 0.717. The number of carbonyl (C=O) groups excluding carboxylic acids is 1. The van der Waals surface area contributed by atoms with Crippen molar-refractivity contribution < 1.29 is 9.32 Å². The van der Waals surface area contributed by atoms with Crippen LogP contribution in [0.4, 0.5) is 0 Å². The Morgan fingerprint density at radius 1 is 1.59 bits per heavy atom. The molecule has 0 spiro atoms. The molecule has 1 aromatic heterocycles. The lowest BCUT2D eigenvalue weighted by Gasteiger charge is -2.16. The number of hydrogen-bond acceptors (Lipinski definition) is 5. The monoisotopic (exact) mass is 240 g/mol. The normalized spacial score (nSPS) is 12.7. The van der Waals surface area contributed by atoms with Crippen LogP contribution in [0.3, 0.4) is 0 Å². The van der Waals surface area contributed by atoms with Gasteiger partial charge in [0.1, 0.15) is 0 Å². The van der Waals surface area contributed by atoms with Crippen LogP contribution >= 0.6 is 0 Å². The van der Waals surface area contributed by atoms with Crippen LogP contribution in [0.25, 0.3) is 0 Å². The molecule has 1 aromatic rings. The lowest BCUT2D eigenvalue weighted by atomic mass is 9.96. The molecule has 1 amide bonds. The third kappa shape index (κ3) is 4.95. The fraction of sp³-hybridized carbons (Fsp3) is 0.727. The Hall–Kier alpha value is -1.43. The molecule has 17 heavy (non-hydrogen) atoms. The Labute approximate surface area is 101 Å². The summed E-state index contributed by atoms with van der Waals surface area (Å²) < 4.78 is 4.83. The fourth-order valence-electron chi connectivity index (χ4n) is 1.62. The van der Waals surface area contributed by atoms with Crippen molar-refractivity contribution in [3.05, 3.63) is 12.2 Å². The highest BCUT2D eigenvalue weighted by Gasteiger charge is 2.17. The van der Waals surface area contributed by atoms with E-state index in [9.17, 15) is 4.79 Å². The van der Waals surface area contributed by atoms with Crippen molar-refractivity contribution in [3.8, 4) is 0 Å². The van der Waals surface area contributed by atoms with Gasteiger partial charge in [-0.25, -0.2) is 0 Å². The van der Waals surface area contributed by atoms with Gasteiger partial charge < -0.3 is 15.6 Å². The second kappa shape index (κ2) is 7.01. The Balaban J connectivity index is 2.27. The maximum Gasteiger partial charge on any atom is 0.228 e. The number of nitrogens with zero attached hydrogens (tertiary/aromatic N) is 2. The lowest BCUT2D eigenvalue weighted by molar-refractivity contribution is -0.125. The summed E-state index contributed by atoms with van der Waals surface area (Å²) in [4.78, 5) is 15.7. The van der Waals surface area contributed by atoms with Crippen LogP contribution in [0.5, 0.6) is 0 Å². The first-order chi connectivity index (χ1) is 8.13. The standard InChI is InChI=1S/C11H20N4O2/c1-8(2)5-9(6-12)11(16)13-4-3-10-14-7-15-17-10/h7-9H,3-6,12H2,1-2H3,(H,13,16). The summed E-state index contributed by atoms with van der Waals surface area (Å²) in [6, 6.07) is 0. The molecule has 6 nitrogen and oxygen atoms in total. The van der Waals surface area contributed by atoms with Gasteiger partial charge in [-0.15, -0.1) is 0 Å². The number of nitrogens with two attached hydrogens (primary N) is 1. The molecule has 96 valence electrons. The van der Waals surface area contributed by atoms with Crippen molar-refractivity contribution in [2.24, 2.45) is 17.6 Å². The third-order valence-corrected chi connectivity index (χ3v) is 2.46. The predicted octanol–water partition coefficient (Wildman–Crippen LogP) is 0.349. The molecule has 0 fully saturated rings. The predicted molar refractivity (Wildman–Crippen MR) is 63.0 cm³/mol. The van der Waals surface area contributed by atoms with E-state index in [1.165, 1.54) is 6.33 Å². The van der Waals surface area contributed by atoms with Gasteiger partial charge in [0.2, 0.25) is 11.8 Å². The number of aromatic nitrogens is 2. The molecule has 6 heteroatoms. The SMILES string of the molecule is CC(C)CC(CN)C(=O)NCCc1ncno1. The molecule has 3 N–H and O–H groups in total. The van der Waals surface area contributed by atoms with E-state index >= 15 is 0 Å². The van der Waals surface area contributed by atoms with E-state index in [0.717, 1.165) is 6.42 Å². The summed E-state index contributed by atoms with van der Waals surface area (Å²) in [5, 5.41) is 6.32. The summed E-state index contributed by atoms with van der Waals surface area (Å²) >= 11 is 0. The van der Waals surface area contributed by atoms with Gasteiger partial charge in [0.15, 0.2) is 6.33 Å². The molecule has 0 aromatic carbocycles. The van der Waals surface area contributed by atoms with Gasteiger partial charge >= 0.3 is 0 Å². The van der Waals surface area contributed by atoms with Gasteiger partial charge in [-0.2, -0.15) is 4.98 Å². The highest BCUT2D eigenvalue weighted by atomic mass is 16.5. The molecule has 0 radical (unpaired) electrons. The van der Waals surface area contributed by atoms with Crippen molar-refractivity contribution in [2.75, 3.05) is 13.1 Å². The molecule has 0 aliphatic rings. The molecule has 0 aliphatic carbocycles.